The van der Waals surface area contributed by atoms with E-state index in [2.05, 4.69) is 18.3 Å². The summed E-state index contributed by atoms with van der Waals surface area (Å²) in [5.74, 6) is 0.507. The van der Waals surface area contributed by atoms with Gasteiger partial charge in [0.05, 0.1) is 20.2 Å². The molecule has 6 atom stereocenters. The van der Waals surface area contributed by atoms with Crippen LogP contribution in [0.25, 0.3) is 0 Å². The molecule has 5 nitrogen and oxygen atoms in total. The van der Waals surface area contributed by atoms with E-state index in [4.69, 9.17) is 4.74 Å². The van der Waals surface area contributed by atoms with Crippen LogP contribution in [0.2, 0.25) is 0 Å². The van der Waals surface area contributed by atoms with E-state index >= 15 is 0 Å². The number of hydrogen-bond acceptors (Lipinski definition) is 4. The average Bonchev–Trinajstić information content (AvgIpc) is 3.00. The maximum Gasteiger partial charge on any atom is 0.324 e. The molecule has 0 aromatic heterocycles. The lowest BCUT2D eigenvalue weighted by Crippen LogP contribution is -2.70. The number of fused-ring (bicyclic) bond motifs is 2. The average molecular weight is 358 g/mol. The monoisotopic (exact) mass is 358 g/mol. The molecule has 1 saturated heterocycles. The van der Waals surface area contributed by atoms with Crippen molar-refractivity contribution in [3.05, 3.63) is 28.1 Å². The van der Waals surface area contributed by atoms with Gasteiger partial charge >= 0.3 is 5.97 Å². The van der Waals surface area contributed by atoms with Crippen molar-refractivity contribution >= 4 is 5.97 Å². The lowest BCUT2D eigenvalue weighted by atomic mass is 9.60. The van der Waals surface area contributed by atoms with Crippen molar-refractivity contribution in [1.82, 2.24) is 5.32 Å². The Kier molecular flexibility index (Phi) is 3.61. The van der Waals surface area contributed by atoms with Gasteiger partial charge in [-0.25, -0.2) is 0 Å². The first-order valence-electron chi connectivity index (χ1n) is 10.4. The molecule has 1 saturated carbocycles. The Morgan fingerprint density at radius 1 is 1.42 bits per heavy atom. The van der Waals surface area contributed by atoms with E-state index in [-0.39, 0.29) is 22.6 Å². The zero-order chi connectivity index (χ0) is 18.1. The van der Waals surface area contributed by atoms with Crippen LogP contribution in [0.4, 0.5) is 0 Å². The van der Waals surface area contributed by atoms with E-state index in [0.29, 0.717) is 25.0 Å². The van der Waals surface area contributed by atoms with Gasteiger partial charge in [0, 0.05) is 30.0 Å². The van der Waals surface area contributed by atoms with Crippen molar-refractivity contribution in [2.24, 2.45) is 17.3 Å². The van der Waals surface area contributed by atoms with Crippen molar-refractivity contribution in [3.8, 4) is 0 Å². The van der Waals surface area contributed by atoms with Gasteiger partial charge in [-0.1, -0.05) is 25.8 Å². The molecule has 6 rings (SSSR count). The molecule has 4 heterocycles. The van der Waals surface area contributed by atoms with Gasteiger partial charge in [-0.2, -0.15) is 0 Å². The van der Waals surface area contributed by atoms with Gasteiger partial charge in [0.15, 0.2) is 5.41 Å². The Labute approximate surface area is 155 Å². The van der Waals surface area contributed by atoms with Crippen LogP contribution in [0.15, 0.2) is 22.9 Å². The van der Waals surface area contributed by atoms with Gasteiger partial charge in [-0.05, 0) is 36.8 Å². The molecule has 1 N–H and O–H groups in total. The predicted molar refractivity (Wildman–Crippen MR) is 98.6 cm³/mol. The number of methoxy groups -OCH3 is 1. The normalized spacial score (nSPS) is 46.0. The summed E-state index contributed by atoms with van der Waals surface area (Å²) < 4.78 is 5.15. The Morgan fingerprint density at radius 3 is 3.00 bits per heavy atom. The molecule has 2 fully saturated rings. The number of carbonyl (C=O) groups is 1. The Bertz CT molecular complexity index is 714. The smallest absolute Gasteiger partial charge is 0.324 e. The maximum atomic E-state index is 14.0. The van der Waals surface area contributed by atoms with Crippen LogP contribution < -0.4 is 5.32 Å². The second-order valence-corrected chi connectivity index (χ2v) is 9.08. The second-order valence-electron chi connectivity index (χ2n) is 9.08. The van der Waals surface area contributed by atoms with E-state index in [1.54, 1.807) is 0 Å². The molecule has 0 amide bonds. The summed E-state index contributed by atoms with van der Waals surface area (Å²) in [6.07, 6.45) is 9.61. The fourth-order valence-electron chi connectivity index (χ4n) is 7.09. The first-order valence-corrected chi connectivity index (χ1v) is 10.4. The molecule has 142 valence electrons. The van der Waals surface area contributed by atoms with Gasteiger partial charge in [0.2, 0.25) is 0 Å². The topological polar surface area (TPSA) is 61.4 Å². The van der Waals surface area contributed by atoms with Crippen molar-refractivity contribution in [2.75, 3.05) is 20.2 Å². The molecule has 6 unspecified atom stereocenters. The number of nitrogens with one attached hydrogen (secondary N) is 1. The molecular weight excluding hydrogens is 328 g/mol. The second kappa shape index (κ2) is 5.59. The van der Waals surface area contributed by atoms with Gasteiger partial charge in [-0.3, -0.25) is 4.79 Å². The lowest BCUT2D eigenvalue weighted by molar-refractivity contribution is -0.915. The standard InChI is InChI=1S/C21H30N2O3/c1-3-14-10-13-11-21(20(24)26-2)18-16(8-9-23(25,12-13)19(14)21)15-6-4-5-7-17(15)22-18/h10,13,15,17,19,22H,3-9,11-12H2,1-2H3. The largest absolute Gasteiger partial charge is 0.632 e. The number of rotatable bonds is 2. The summed E-state index contributed by atoms with van der Waals surface area (Å²) in [6.45, 7) is 3.36. The van der Waals surface area contributed by atoms with Crippen LogP contribution >= 0.6 is 0 Å². The summed E-state index contributed by atoms with van der Waals surface area (Å²) in [7, 11) is 1.49. The van der Waals surface area contributed by atoms with Crippen LogP contribution in [-0.2, 0) is 9.53 Å². The van der Waals surface area contributed by atoms with E-state index in [1.165, 1.54) is 43.9 Å². The molecule has 0 radical (unpaired) electrons. The Morgan fingerprint density at radius 2 is 2.23 bits per heavy atom. The Hall–Kier alpha value is -1.33. The third-order valence-electron chi connectivity index (χ3n) is 7.89. The van der Waals surface area contributed by atoms with E-state index in [1.807, 2.05) is 0 Å². The minimum absolute atomic E-state index is 0.183. The number of carbonyl (C=O) groups excluding carboxylic acids is 1. The van der Waals surface area contributed by atoms with Crippen LogP contribution in [0.5, 0.6) is 0 Å². The summed E-state index contributed by atoms with van der Waals surface area (Å²) >= 11 is 0. The molecule has 26 heavy (non-hydrogen) atoms. The zero-order valence-electron chi connectivity index (χ0n) is 15.9. The SMILES string of the molecule is CCC1=CC2CC3(C(=O)OC)C4=C(CC[N+]([O-])(C2)C13)C1CCCCC1N4. The fraction of sp³-hybridized carbons (Fsp3) is 0.762. The maximum absolute atomic E-state index is 14.0. The van der Waals surface area contributed by atoms with Crippen LogP contribution in [0.1, 0.15) is 51.9 Å². The van der Waals surface area contributed by atoms with Crippen molar-refractivity contribution in [3.63, 3.8) is 0 Å². The van der Waals surface area contributed by atoms with E-state index < -0.39 is 5.41 Å². The molecule has 4 bridgehead atoms. The highest BCUT2D eigenvalue weighted by molar-refractivity contribution is 5.83. The number of hydroxylamine groups is 3. The molecule has 0 aromatic carbocycles. The molecular formula is C21H30N2O3. The van der Waals surface area contributed by atoms with Gasteiger partial charge in [0.1, 0.15) is 6.04 Å². The molecule has 4 aliphatic heterocycles. The summed E-state index contributed by atoms with van der Waals surface area (Å²) in [5, 5.41) is 17.8. The fourth-order valence-corrected chi connectivity index (χ4v) is 7.09. The van der Waals surface area contributed by atoms with Crippen molar-refractivity contribution in [1.29, 1.82) is 0 Å². The summed E-state index contributed by atoms with van der Waals surface area (Å²) in [4.78, 5) is 13.3. The minimum atomic E-state index is -0.789. The third kappa shape index (κ3) is 1.96. The number of hydrogen-bond donors (Lipinski definition) is 1. The van der Waals surface area contributed by atoms with Crippen LogP contribution in [0, 0.1) is 22.5 Å². The molecule has 5 heteroatoms. The number of esters is 1. The first-order chi connectivity index (χ1) is 12.5. The van der Waals surface area contributed by atoms with E-state index in [9.17, 15) is 10.0 Å². The number of quaternary nitrogens is 1. The predicted octanol–water partition coefficient (Wildman–Crippen LogP) is 3.02. The minimum Gasteiger partial charge on any atom is -0.632 e. The van der Waals surface area contributed by atoms with Gasteiger partial charge in [-0.15, -0.1) is 0 Å². The highest BCUT2D eigenvalue weighted by Gasteiger charge is 2.67. The lowest BCUT2D eigenvalue weighted by Gasteiger charge is -2.62. The molecule has 0 spiro atoms. The van der Waals surface area contributed by atoms with Crippen LogP contribution in [0.3, 0.4) is 0 Å². The third-order valence-corrected chi connectivity index (χ3v) is 7.89. The highest BCUT2D eigenvalue weighted by atomic mass is 16.6. The van der Waals surface area contributed by atoms with E-state index in [0.717, 1.165) is 25.0 Å². The first kappa shape index (κ1) is 16.8. The quantitative estimate of drug-likeness (QED) is 0.357. The molecule has 0 aromatic rings. The van der Waals surface area contributed by atoms with Crippen LogP contribution in [-0.4, -0.2) is 42.9 Å². The number of ether oxygens (including phenoxy) is 1. The van der Waals surface area contributed by atoms with Crippen molar-refractivity contribution < 1.29 is 14.2 Å². The van der Waals surface area contributed by atoms with Crippen molar-refractivity contribution in [2.45, 2.75) is 64.0 Å². The Balaban J connectivity index is 1.71. The van der Waals surface area contributed by atoms with Gasteiger partial charge < -0.3 is 19.9 Å². The molecule has 6 aliphatic rings. The highest BCUT2D eigenvalue weighted by Crippen LogP contribution is 2.59. The summed E-state index contributed by atoms with van der Waals surface area (Å²) in [6, 6.07) is 0.154. The molecule has 2 aliphatic carbocycles. The number of nitrogens with zero attached hydrogens (tertiary/aromatic N) is 1. The zero-order valence-corrected chi connectivity index (χ0v) is 15.9. The number of piperidine rings is 1. The van der Waals surface area contributed by atoms with Gasteiger partial charge in [0.25, 0.3) is 0 Å². The summed E-state index contributed by atoms with van der Waals surface area (Å²) in [5.41, 5.74) is 2.88.